The third kappa shape index (κ3) is 6.36. The molecule has 1 unspecified atom stereocenters. The summed E-state index contributed by atoms with van der Waals surface area (Å²) in [4.78, 5) is 11.9. The highest BCUT2D eigenvalue weighted by Gasteiger charge is 2.33. The molecule has 2 rings (SSSR count). The van der Waals surface area contributed by atoms with Gasteiger partial charge in [0.2, 0.25) is 0 Å². The zero-order valence-electron chi connectivity index (χ0n) is 13.8. The molecule has 6 heteroatoms. The van der Waals surface area contributed by atoms with E-state index < -0.39 is 11.7 Å². The van der Waals surface area contributed by atoms with Gasteiger partial charge in [-0.1, -0.05) is 17.7 Å². The molecule has 0 heterocycles. The molecule has 1 aromatic carbocycles. The summed E-state index contributed by atoms with van der Waals surface area (Å²) in [6.45, 7) is 6.67. The van der Waals surface area contributed by atoms with E-state index in [2.05, 4.69) is 10.6 Å². The highest BCUT2D eigenvalue weighted by atomic mass is 35.5. The van der Waals surface area contributed by atoms with Gasteiger partial charge in [-0.25, -0.2) is 9.18 Å². The lowest BCUT2D eigenvalue weighted by Crippen LogP contribution is -2.45. The Labute approximate surface area is 141 Å². The normalized spacial score (nSPS) is 16.0. The SMILES string of the molecule is CC(C)(C)OC(=O)NC(CNCc1ccc(F)cc1Cl)C1CC1. The molecule has 1 saturated carbocycles. The lowest BCUT2D eigenvalue weighted by atomic mass is 10.1. The van der Waals surface area contributed by atoms with E-state index in [1.807, 2.05) is 20.8 Å². The van der Waals surface area contributed by atoms with Crippen LogP contribution in [0, 0.1) is 11.7 Å². The van der Waals surface area contributed by atoms with E-state index in [4.69, 9.17) is 16.3 Å². The molecule has 2 N–H and O–H groups in total. The first-order chi connectivity index (χ1) is 10.7. The number of rotatable bonds is 6. The Morgan fingerprint density at radius 1 is 1.43 bits per heavy atom. The summed E-state index contributed by atoms with van der Waals surface area (Å²) in [5.74, 6) is 0.139. The molecule has 1 aliphatic rings. The number of benzene rings is 1. The summed E-state index contributed by atoms with van der Waals surface area (Å²) < 4.78 is 18.3. The third-order valence-corrected chi connectivity index (χ3v) is 3.94. The second kappa shape index (κ2) is 7.49. The molecule has 0 radical (unpaired) electrons. The van der Waals surface area contributed by atoms with E-state index in [1.165, 1.54) is 12.1 Å². The highest BCUT2D eigenvalue weighted by Crippen LogP contribution is 2.32. The van der Waals surface area contributed by atoms with E-state index in [-0.39, 0.29) is 11.9 Å². The lowest BCUT2D eigenvalue weighted by molar-refractivity contribution is 0.0497. The van der Waals surface area contributed by atoms with Crippen molar-refractivity contribution in [1.82, 2.24) is 10.6 Å². The number of carbonyl (C=O) groups excluding carboxylic acids is 1. The molecule has 1 aliphatic carbocycles. The number of halogens is 2. The Hall–Kier alpha value is -1.33. The second-order valence-corrected chi connectivity index (χ2v) is 7.36. The maximum Gasteiger partial charge on any atom is 0.407 e. The summed E-state index contributed by atoms with van der Waals surface area (Å²) in [5.41, 5.74) is 0.327. The molecular weight excluding hydrogens is 319 g/mol. The van der Waals surface area contributed by atoms with Crippen LogP contribution in [0.2, 0.25) is 5.02 Å². The number of nitrogens with one attached hydrogen (secondary N) is 2. The van der Waals surface area contributed by atoms with Crippen LogP contribution in [0.1, 0.15) is 39.2 Å². The van der Waals surface area contributed by atoms with Gasteiger partial charge in [0.25, 0.3) is 0 Å². The predicted octanol–water partition coefficient (Wildman–Crippen LogP) is 3.87. The molecule has 1 fully saturated rings. The Bertz CT molecular complexity index is 556. The molecule has 0 saturated heterocycles. The first-order valence-electron chi connectivity index (χ1n) is 7.89. The number of hydrogen-bond acceptors (Lipinski definition) is 3. The van der Waals surface area contributed by atoms with Gasteiger partial charge in [0, 0.05) is 24.2 Å². The highest BCUT2D eigenvalue weighted by molar-refractivity contribution is 6.31. The topological polar surface area (TPSA) is 50.4 Å². The van der Waals surface area contributed by atoms with E-state index in [0.29, 0.717) is 24.0 Å². The van der Waals surface area contributed by atoms with Gasteiger partial charge >= 0.3 is 6.09 Å². The van der Waals surface area contributed by atoms with Crippen molar-refractivity contribution < 1.29 is 13.9 Å². The molecule has 1 atom stereocenters. The number of alkyl carbamates (subject to hydrolysis) is 1. The number of hydrogen-bond donors (Lipinski definition) is 2. The molecular formula is C17H24ClFN2O2. The minimum absolute atomic E-state index is 0.0315. The molecule has 0 aliphatic heterocycles. The van der Waals surface area contributed by atoms with Crippen molar-refractivity contribution in [3.8, 4) is 0 Å². The third-order valence-electron chi connectivity index (χ3n) is 3.59. The zero-order chi connectivity index (χ0) is 17.0. The fourth-order valence-electron chi connectivity index (χ4n) is 2.32. The average molecular weight is 343 g/mol. The van der Waals surface area contributed by atoms with Gasteiger partial charge in [0.1, 0.15) is 11.4 Å². The van der Waals surface area contributed by atoms with Crippen LogP contribution in [0.4, 0.5) is 9.18 Å². The predicted molar refractivity (Wildman–Crippen MR) is 89.0 cm³/mol. The Balaban J connectivity index is 1.82. The largest absolute Gasteiger partial charge is 0.444 e. The summed E-state index contributed by atoms with van der Waals surface area (Å²) in [5, 5.41) is 6.61. The molecule has 128 valence electrons. The minimum Gasteiger partial charge on any atom is -0.444 e. The monoisotopic (exact) mass is 342 g/mol. The first kappa shape index (κ1) is 18.0. The first-order valence-corrected chi connectivity index (χ1v) is 8.26. The fraction of sp³-hybridized carbons (Fsp3) is 0.588. The van der Waals surface area contributed by atoms with Crippen LogP contribution in [-0.4, -0.2) is 24.3 Å². The molecule has 0 aromatic heterocycles. The van der Waals surface area contributed by atoms with Gasteiger partial charge in [-0.05, 0) is 57.2 Å². The van der Waals surface area contributed by atoms with Gasteiger partial charge in [-0.3, -0.25) is 0 Å². The average Bonchev–Trinajstić information content (AvgIpc) is 3.22. The van der Waals surface area contributed by atoms with Gasteiger partial charge in [-0.2, -0.15) is 0 Å². The number of amides is 1. The number of carbonyl (C=O) groups is 1. The second-order valence-electron chi connectivity index (χ2n) is 6.96. The van der Waals surface area contributed by atoms with Crippen molar-refractivity contribution in [2.45, 2.75) is 51.8 Å². The molecule has 23 heavy (non-hydrogen) atoms. The summed E-state index contributed by atoms with van der Waals surface area (Å²) >= 11 is 6.01. The number of ether oxygens (including phenoxy) is 1. The van der Waals surface area contributed by atoms with Crippen LogP contribution in [0.5, 0.6) is 0 Å². The van der Waals surface area contributed by atoms with Gasteiger partial charge in [0.05, 0.1) is 0 Å². The van der Waals surface area contributed by atoms with Crippen LogP contribution in [0.3, 0.4) is 0 Å². The van der Waals surface area contributed by atoms with Gasteiger partial charge in [0.15, 0.2) is 0 Å². The van der Waals surface area contributed by atoms with Crippen LogP contribution in [0.15, 0.2) is 18.2 Å². The van der Waals surface area contributed by atoms with Crippen molar-refractivity contribution in [2.75, 3.05) is 6.54 Å². The molecule has 4 nitrogen and oxygen atoms in total. The summed E-state index contributed by atoms with van der Waals surface area (Å²) in [6, 6.07) is 4.39. The van der Waals surface area contributed by atoms with Crippen molar-refractivity contribution in [2.24, 2.45) is 5.92 Å². The molecule has 1 aromatic rings. The Morgan fingerprint density at radius 3 is 2.70 bits per heavy atom. The molecule has 1 amide bonds. The van der Waals surface area contributed by atoms with Crippen molar-refractivity contribution in [1.29, 1.82) is 0 Å². The quantitative estimate of drug-likeness (QED) is 0.825. The minimum atomic E-state index is -0.507. The van der Waals surface area contributed by atoms with E-state index in [9.17, 15) is 9.18 Å². The standard InChI is InChI=1S/C17H24ClFN2O2/c1-17(2,3)23-16(22)21-15(11-4-5-11)10-20-9-12-6-7-13(19)8-14(12)18/h6-8,11,15,20H,4-5,9-10H2,1-3H3,(H,21,22). The van der Waals surface area contributed by atoms with Crippen LogP contribution in [-0.2, 0) is 11.3 Å². The Morgan fingerprint density at radius 2 is 2.13 bits per heavy atom. The van der Waals surface area contributed by atoms with E-state index in [1.54, 1.807) is 6.07 Å². The molecule has 0 spiro atoms. The summed E-state index contributed by atoms with van der Waals surface area (Å²) in [6.07, 6.45) is 1.83. The van der Waals surface area contributed by atoms with Crippen molar-refractivity contribution in [3.05, 3.63) is 34.6 Å². The van der Waals surface area contributed by atoms with Crippen molar-refractivity contribution in [3.63, 3.8) is 0 Å². The smallest absolute Gasteiger partial charge is 0.407 e. The Kier molecular flexibility index (Phi) is 5.87. The van der Waals surface area contributed by atoms with Crippen molar-refractivity contribution >= 4 is 17.7 Å². The lowest BCUT2D eigenvalue weighted by Gasteiger charge is -2.24. The van der Waals surface area contributed by atoms with Gasteiger partial charge < -0.3 is 15.4 Å². The zero-order valence-corrected chi connectivity index (χ0v) is 14.5. The van der Waals surface area contributed by atoms with Crippen LogP contribution in [0.25, 0.3) is 0 Å². The van der Waals surface area contributed by atoms with Gasteiger partial charge in [-0.15, -0.1) is 0 Å². The maximum atomic E-state index is 13.0. The fourth-order valence-corrected chi connectivity index (χ4v) is 2.55. The maximum absolute atomic E-state index is 13.0. The van der Waals surface area contributed by atoms with Crippen LogP contribution < -0.4 is 10.6 Å². The van der Waals surface area contributed by atoms with E-state index >= 15 is 0 Å². The summed E-state index contributed by atoms with van der Waals surface area (Å²) in [7, 11) is 0. The van der Waals surface area contributed by atoms with E-state index in [0.717, 1.165) is 18.4 Å². The van der Waals surface area contributed by atoms with Crippen LogP contribution >= 0.6 is 11.6 Å². The molecule has 0 bridgehead atoms.